The maximum absolute atomic E-state index is 12.2. The van der Waals surface area contributed by atoms with E-state index in [2.05, 4.69) is 12.2 Å². The summed E-state index contributed by atoms with van der Waals surface area (Å²) in [5, 5.41) is 24.5. The van der Waals surface area contributed by atoms with E-state index in [-0.39, 0.29) is 23.6 Å². The van der Waals surface area contributed by atoms with Crippen LogP contribution in [0.3, 0.4) is 0 Å². The second-order valence-corrected chi connectivity index (χ2v) is 8.28. The lowest BCUT2D eigenvalue weighted by atomic mass is 9.93. The van der Waals surface area contributed by atoms with Crippen molar-refractivity contribution in [1.29, 1.82) is 0 Å². The first-order chi connectivity index (χ1) is 13.8. The molecule has 0 unspecified atom stereocenters. The maximum atomic E-state index is 12.2. The van der Waals surface area contributed by atoms with E-state index < -0.39 is 6.09 Å². The van der Waals surface area contributed by atoms with Crippen molar-refractivity contribution in [3.05, 3.63) is 47.0 Å². The molecule has 0 atom stereocenters. The minimum Gasteiger partial charge on any atom is -0.507 e. The molecule has 1 amide bonds. The van der Waals surface area contributed by atoms with Crippen molar-refractivity contribution in [2.24, 2.45) is 0 Å². The Bertz CT molecular complexity index is 887. The van der Waals surface area contributed by atoms with E-state index >= 15 is 0 Å². The van der Waals surface area contributed by atoms with Crippen molar-refractivity contribution in [3.63, 3.8) is 0 Å². The maximum Gasteiger partial charge on any atom is 0.407 e. The van der Waals surface area contributed by atoms with Gasteiger partial charge in [0, 0.05) is 5.56 Å². The van der Waals surface area contributed by atoms with Gasteiger partial charge < -0.3 is 20.3 Å². The first-order valence-electron chi connectivity index (χ1n) is 10.4. The summed E-state index contributed by atoms with van der Waals surface area (Å²) in [5.74, 6) is 0.0662. The number of unbranched alkanes of at least 4 members (excludes halogenated alkanes) is 2. The topological polar surface area (TPSA) is 78.8 Å². The molecular formula is C24H31NO4. The predicted molar refractivity (Wildman–Crippen MR) is 114 cm³/mol. The summed E-state index contributed by atoms with van der Waals surface area (Å²) in [6.07, 6.45) is 5.11. The average Bonchev–Trinajstić information content (AvgIpc) is 3.38. The zero-order valence-corrected chi connectivity index (χ0v) is 17.5. The molecular weight excluding hydrogens is 366 g/mol. The Morgan fingerprint density at radius 2 is 1.97 bits per heavy atom. The summed E-state index contributed by atoms with van der Waals surface area (Å²) in [5.41, 5.74) is 3.31. The monoisotopic (exact) mass is 397 g/mol. The van der Waals surface area contributed by atoms with E-state index in [1.165, 1.54) is 0 Å². The van der Waals surface area contributed by atoms with Crippen LogP contribution in [-0.2, 0) is 17.7 Å². The smallest absolute Gasteiger partial charge is 0.407 e. The van der Waals surface area contributed by atoms with Crippen molar-refractivity contribution in [3.8, 4) is 22.6 Å². The van der Waals surface area contributed by atoms with Gasteiger partial charge in [0.2, 0.25) is 0 Å². The highest BCUT2D eigenvalue weighted by atomic mass is 16.6. The van der Waals surface area contributed by atoms with Crippen LogP contribution in [0.4, 0.5) is 4.79 Å². The van der Waals surface area contributed by atoms with E-state index in [0.717, 1.165) is 55.2 Å². The lowest BCUT2D eigenvalue weighted by molar-refractivity contribution is 0.0929. The second kappa shape index (κ2) is 8.76. The number of amides is 1. The number of carbonyl (C=O) groups excluding carboxylic acids is 1. The van der Waals surface area contributed by atoms with Crippen LogP contribution in [0, 0.1) is 6.92 Å². The van der Waals surface area contributed by atoms with Crippen LogP contribution >= 0.6 is 0 Å². The van der Waals surface area contributed by atoms with Crippen LogP contribution in [0.2, 0.25) is 0 Å². The number of alkyl carbamates (subject to hydrolysis) is 1. The number of aromatic hydroxyl groups is 2. The average molecular weight is 398 g/mol. The number of benzene rings is 2. The van der Waals surface area contributed by atoms with Crippen LogP contribution in [0.15, 0.2) is 30.3 Å². The van der Waals surface area contributed by atoms with E-state index in [0.29, 0.717) is 11.1 Å². The third-order valence-corrected chi connectivity index (χ3v) is 5.54. The minimum absolute atomic E-state index is 0.0139. The number of phenols is 2. The molecule has 156 valence electrons. The van der Waals surface area contributed by atoms with Crippen LogP contribution in [0.5, 0.6) is 11.5 Å². The lowest BCUT2D eigenvalue weighted by Gasteiger charge is -2.18. The highest BCUT2D eigenvalue weighted by Crippen LogP contribution is 2.42. The van der Waals surface area contributed by atoms with Gasteiger partial charge in [-0.05, 0) is 56.7 Å². The molecule has 0 radical (unpaired) electrons. The fourth-order valence-corrected chi connectivity index (χ4v) is 3.52. The SMILES string of the molecule is CCCCCc1cc(O)c(-c2cccc(C)c2)c(O)c1CNC(=O)OC1(C)CC1. The van der Waals surface area contributed by atoms with Crippen molar-refractivity contribution < 1.29 is 19.7 Å². The van der Waals surface area contributed by atoms with Crippen LogP contribution in [0.1, 0.15) is 62.6 Å². The largest absolute Gasteiger partial charge is 0.507 e. The summed E-state index contributed by atoms with van der Waals surface area (Å²) in [7, 11) is 0. The first kappa shape index (κ1) is 21.0. The summed E-state index contributed by atoms with van der Waals surface area (Å²) < 4.78 is 5.42. The standard InChI is InChI=1S/C24H31NO4/c1-4-5-6-9-17-14-20(26)21(18-10-7-8-16(2)13-18)22(27)19(17)15-25-23(28)29-24(3)11-12-24/h7-8,10,13-14,26-27H,4-6,9,11-12,15H2,1-3H3,(H,25,28). The van der Waals surface area contributed by atoms with Crippen molar-refractivity contribution in [2.75, 3.05) is 0 Å². The highest BCUT2D eigenvalue weighted by molar-refractivity contribution is 5.79. The molecule has 0 heterocycles. The van der Waals surface area contributed by atoms with Crippen LogP contribution < -0.4 is 5.32 Å². The zero-order valence-electron chi connectivity index (χ0n) is 17.5. The van der Waals surface area contributed by atoms with E-state index in [1.807, 2.05) is 38.1 Å². The number of rotatable bonds is 8. The van der Waals surface area contributed by atoms with E-state index in [9.17, 15) is 15.0 Å². The molecule has 1 fully saturated rings. The first-order valence-corrected chi connectivity index (χ1v) is 10.4. The number of ether oxygens (including phenoxy) is 1. The van der Waals surface area contributed by atoms with Gasteiger partial charge in [-0.15, -0.1) is 0 Å². The Balaban J connectivity index is 1.90. The Labute approximate surface area is 172 Å². The molecule has 2 aromatic rings. The summed E-state index contributed by atoms with van der Waals surface area (Å²) in [4.78, 5) is 12.2. The Kier molecular flexibility index (Phi) is 6.36. The molecule has 1 aliphatic rings. The molecule has 0 aliphatic heterocycles. The number of phenolic OH excluding ortho intramolecular Hbond substituents is 2. The van der Waals surface area contributed by atoms with Gasteiger partial charge in [0.05, 0.1) is 12.1 Å². The van der Waals surface area contributed by atoms with Gasteiger partial charge >= 0.3 is 6.09 Å². The molecule has 1 saturated carbocycles. The molecule has 29 heavy (non-hydrogen) atoms. The Morgan fingerprint density at radius 1 is 1.21 bits per heavy atom. The fraction of sp³-hybridized carbons (Fsp3) is 0.458. The number of aryl methyl sites for hydroxylation is 2. The molecule has 1 aliphatic carbocycles. The molecule has 0 saturated heterocycles. The quantitative estimate of drug-likeness (QED) is 0.508. The highest BCUT2D eigenvalue weighted by Gasteiger charge is 2.41. The van der Waals surface area contributed by atoms with Gasteiger partial charge in [0.25, 0.3) is 0 Å². The molecule has 0 spiro atoms. The van der Waals surface area contributed by atoms with Crippen LogP contribution in [-0.4, -0.2) is 21.9 Å². The molecule has 0 bridgehead atoms. The van der Waals surface area contributed by atoms with Gasteiger partial charge in [-0.2, -0.15) is 0 Å². The van der Waals surface area contributed by atoms with Crippen molar-refractivity contribution >= 4 is 6.09 Å². The Morgan fingerprint density at radius 3 is 2.62 bits per heavy atom. The molecule has 2 aromatic carbocycles. The van der Waals surface area contributed by atoms with Crippen LogP contribution in [0.25, 0.3) is 11.1 Å². The summed E-state index contributed by atoms with van der Waals surface area (Å²) in [6, 6.07) is 9.36. The number of hydrogen-bond donors (Lipinski definition) is 3. The number of carbonyl (C=O) groups is 1. The third-order valence-electron chi connectivity index (χ3n) is 5.54. The Hall–Kier alpha value is -2.69. The van der Waals surface area contributed by atoms with E-state index in [1.54, 1.807) is 6.07 Å². The lowest BCUT2D eigenvalue weighted by Crippen LogP contribution is -2.28. The fourth-order valence-electron chi connectivity index (χ4n) is 3.52. The third kappa shape index (κ3) is 5.22. The van der Waals surface area contributed by atoms with Crippen molar-refractivity contribution in [2.45, 2.75) is 71.4 Å². The second-order valence-electron chi connectivity index (χ2n) is 8.28. The molecule has 3 N–H and O–H groups in total. The molecule has 5 nitrogen and oxygen atoms in total. The summed E-state index contributed by atoms with van der Waals surface area (Å²) in [6.45, 7) is 6.16. The molecule has 5 heteroatoms. The van der Waals surface area contributed by atoms with E-state index in [4.69, 9.17) is 4.74 Å². The normalized spacial score (nSPS) is 14.4. The minimum atomic E-state index is -0.478. The molecule has 3 rings (SSSR count). The number of nitrogens with one attached hydrogen (secondary N) is 1. The van der Waals surface area contributed by atoms with Gasteiger partial charge in [0.1, 0.15) is 17.1 Å². The zero-order chi connectivity index (χ0) is 21.0. The van der Waals surface area contributed by atoms with Gasteiger partial charge in [0.15, 0.2) is 0 Å². The predicted octanol–water partition coefficient (Wildman–Crippen LogP) is 5.58. The molecule has 0 aromatic heterocycles. The summed E-state index contributed by atoms with van der Waals surface area (Å²) >= 11 is 0. The van der Waals surface area contributed by atoms with Gasteiger partial charge in [-0.3, -0.25) is 0 Å². The van der Waals surface area contributed by atoms with Crippen molar-refractivity contribution in [1.82, 2.24) is 5.32 Å². The van der Waals surface area contributed by atoms with Gasteiger partial charge in [-0.1, -0.05) is 49.6 Å². The van der Waals surface area contributed by atoms with Gasteiger partial charge in [-0.25, -0.2) is 4.79 Å². The number of hydrogen-bond acceptors (Lipinski definition) is 4.